The number of benzene rings is 2. The molecule has 2 aliphatic heterocycles. The largest absolute Gasteiger partial charge is 0.478 e. The molecule has 0 atom stereocenters. The third-order valence-corrected chi connectivity index (χ3v) is 5.85. The molecule has 1 aromatic heterocycles. The number of para-hydroxylation sites is 1. The number of aryl methyl sites for hydroxylation is 1. The van der Waals surface area contributed by atoms with E-state index in [0.717, 1.165) is 17.5 Å². The lowest BCUT2D eigenvalue weighted by atomic mass is 9.86. The van der Waals surface area contributed by atoms with Gasteiger partial charge in [0.15, 0.2) is 5.60 Å². The van der Waals surface area contributed by atoms with Gasteiger partial charge in [-0.3, -0.25) is 9.36 Å². The van der Waals surface area contributed by atoms with E-state index >= 15 is 0 Å². The van der Waals surface area contributed by atoms with Crippen LogP contribution in [0.15, 0.2) is 48.5 Å². The zero-order valence-corrected chi connectivity index (χ0v) is 16.2. The third-order valence-electron chi connectivity index (χ3n) is 5.60. The summed E-state index contributed by atoms with van der Waals surface area (Å²) in [7, 11) is 0. The van der Waals surface area contributed by atoms with Gasteiger partial charge in [-0.05, 0) is 43.3 Å². The molecule has 5 rings (SSSR count). The Labute approximate surface area is 167 Å². The number of aromatic nitrogens is 3. The Morgan fingerprint density at radius 1 is 1.04 bits per heavy atom. The molecule has 1 saturated heterocycles. The molecule has 28 heavy (non-hydrogen) atoms. The summed E-state index contributed by atoms with van der Waals surface area (Å²) in [5, 5.41) is 9.35. The molecule has 0 unspecified atom stereocenters. The number of fused-ring (bicyclic) bond motifs is 1. The zero-order valence-electron chi connectivity index (χ0n) is 15.4. The Kier molecular flexibility index (Phi) is 3.91. The summed E-state index contributed by atoms with van der Waals surface area (Å²) in [4.78, 5) is 15.1. The standard InChI is InChI=1S/C21H19ClN4O2/c1-14-23-24-20(26(14)16-8-6-15(22)7-9-16)25-12-10-21(11-13-25)19(27)17-4-2-3-5-18(17)28-21/h2-9H,10-13H2,1H3. The van der Waals surface area contributed by atoms with Gasteiger partial charge in [-0.15, -0.1) is 10.2 Å². The molecule has 3 aromatic rings. The molecule has 1 fully saturated rings. The number of Topliss-reactive ketones (excluding diaryl/α,β-unsaturated/α-hetero) is 1. The molecular weight excluding hydrogens is 376 g/mol. The van der Waals surface area contributed by atoms with Gasteiger partial charge in [-0.1, -0.05) is 23.7 Å². The highest BCUT2D eigenvalue weighted by atomic mass is 35.5. The van der Waals surface area contributed by atoms with Crippen molar-refractivity contribution in [3.05, 3.63) is 64.9 Å². The van der Waals surface area contributed by atoms with Gasteiger partial charge in [0, 0.05) is 31.0 Å². The van der Waals surface area contributed by atoms with Gasteiger partial charge in [0.1, 0.15) is 11.6 Å². The highest BCUT2D eigenvalue weighted by Gasteiger charge is 2.49. The molecule has 0 saturated carbocycles. The van der Waals surface area contributed by atoms with Crippen LogP contribution in [-0.4, -0.2) is 39.2 Å². The second kappa shape index (κ2) is 6.34. The molecule has 0 bridgehead atoms. The summed E-state index contributed by atoms with van der Waals surface area (Å²) in [6, 6.07) is 15.1. The normalized spacial score (nSPS) is 17.6. The quantitative estimate of drug-likeness (QED) is 0.660. The van der Waals surface area contributed by atoms with Gasteiger partial charge in [0.05, 0.1) is 11.3 Å². The number of hydrogen-bond donors (Lipinski definition) is 0. The fourth-order valence-electron chi connectivity index (χ4n) is 4.09. The molecule has 142 valence electrons. The van der Waals surface area contributed by atoms with Crippen LogP contribution in [0, 0.1) is 6.92 Å². The smallest absolute Gasteiger partial charge is 0.231 e. The molecule has 3 heterocycles. The van der Waals surface area contributed by atoms with Gasteiger partial charge in [0.2, 0.25) is 11.7 Å². The maximum Gasteiger partial charge on any atom is 0.231 e. The third kappa shape index (κ3) is 2.59. The van der Waals surface area contributed by atoms with Crippen molar-refractivity contribution < 1.29 is 9.53 Å². The molecular formula is C21H19ClN4O2. The SMILES string of the molecule is Cc1nnc(N2CCC3(CC2)Oc2ccccc2C3=O)n1-c1ccc(Cl)cc1. The van der Waals surface area contributed by atoms with Gasteiger partial charge >= 0.3 is 0 Å². The number of piperidine rings is 1. The van der Waals surface area contributed by atoms with E-state index in [1.54, 1.807) is 0 Å². The molecule has 1 spiro atoms. The molecule has 0 amide bonds. The van der Waals surface area contributed by atoms with Crippen LogP contribution in [0.25, 0.3) is 5.69 Å². The van der Waals surface area contributed by atoms with E-state index in [1.807, 2.05) is 60.0 Å². The summed E-state index contributed by atoms with van der Waals surface area (Å²) < 4.78 is 8.15. The second-order valence-corrected chi connectivity index (χ2v) is 7.70. The van der Waals surface area contributed by atoms with Crippen LogP contribution in [0.4, 0.5) is 5.95 Å². The average Bonchev–Trinajstić information content (AvgIpc) is 3.22. The van der Waals surface area contributed by atoms with Crippen molar-refractivity contribution >= 4 is 23.3 Å². The number of rotatable bonds is 2. The van der Waals surface area contributed by atoms with Crippen LogP contribution in [0.2, 0.25) is 5.02 Å². The summed E-state index contributed by atoms with van der Waals surface area (Å²) in [5.74, 6) is 2.37. The Morgan fingerprint density at radius 2 is 1.75 bits per heavy atom. The highest BCUT2D eigenvalue weighted by Crippen LogP contribution is 2.41. The van der Waals surface area contributed by atoms with E-state index in [0.29, 0.717) is 42.3 Å². The van der Waals surface area contributed by atoms with Crippen molar-refractivity contribution in [2.45, 2.75) is 25.4 Å². The average molecular weight is 395 g/mol. The Hall–Kier alpha value is -2.86. The first kappa shape index (κ1) is 17.3. The van der Waals surface area contributed by atoms with E-state index in [1.165, 1.54) is 0 Å². The van der Waals surface area contributed by atoms with Crippen molar-refractivity contribution in [2.75, 3.05) is 18.0 Å². The highest BCUT2D eigenvalue weighted by molar-refractivity contribution is 6.30. The number of ketones is 1. The summed E-state index contributed by atoms with van der Waals surface area (Å²) in [5.41, 5.74) is 0.902. The topological polar surface area (TPSA) is 60.2 Å². The fraction of sp³-hybridized carbons (Fsp3) is 0.286. The first-order chi connectivity index (χ1) is 13.6. The number of halogens is 1. The molecule has 0 radical (unpaired) electrons. The summed E-state index contributed by atoms with van der Waals surface area (Å²) >= 11 is 6.03. The van der Waals surface area contributed by atoms with Crippen molar-refractivity contribution in [2.24, 2.45) is 0 Å². The van der Waals surface area contributed by atoms with Crippen molar-refractivity contribution in [1.29, 1.82) is 0 Å². The molecule has 7 heteroatoms. The predicted octanol–water partition coefficient (Wildman–Crippen LogP) is 3.84. The second-order valence-electron chi connectivity index (χ2n) is 7.27. The van der Waals surface area contributed by atoms with Crippen LogP contribution in [0.5, 0.6) is 5.75 Å². The van der Waals surface area contributed by atoms with Crippen LogP contribution in [0.1, 0.15) is 29.0 Å². The first-order valence-electron chi connectivity index (χ1n) is 9.33. The minimum atomic E-state index is -0.750. The zero-order chi connectivity index (χ0) is 19.3. The van der Waals surface area contributed by atoms with Crippen molar-refractivity contribution in [3.8, 4) is 11.4 Å². The predicted molar refractivity (Wildman–Crippen MR) is 107 cm³/mol. The number of ether oxygens (including phenoxy) is 1. The van der Waals surface area contributed by atoms with E-state index in [-0.39, 0.29) is 5.78 Å². The molecule has 0 aliphatic carbocycles. The van der Waals surface area contributed by atoms with Crippen molar-refractivity contribution in [1.82, 2.24) is 14.8 Å². The van der Waals surface area contributed by atoms with Gasteiger partial charge in [0.25, 0.3) is 0 Å². The molecule has 2 aliphatic rings. The number of hydrogen-bond acceptors (Lipinski definition) is 5. The lowest BCUT2D eigenvalue weighted by molar-refractivity contribution is 0.0453. The van der Waals surface area contributed by atoms with Gasteiger partial charge < -0.3 is 9.64 Å². The molecule has 6 nitrogen and oxygen atoms in total. The molecule has 2 aromatic carbocycles. The monoisotopic (exact) mass is 394 g/mol. The maximum absolute atomic E-state index is 13.0. The van der Waals surface area contributed by atoms with Gasteiger partial charge in [-0.2, -0.15) is 0 Å². The van der Waals surface area contributed by atoms with Gasteiger partial charge in [-0.25, -0.2) is 0 Å². The van der Waals surface area contributed by atoms with E-state index in [4.69, 9.17) is 16.3 Å². The minimum absolute atomic E-state index is 0.0955. The van der Waals surface area contributed by atoms with E-state index < -0.39 is 5.60 Å². The van der Waals surface area contributed by atoms with Crippen LogP contribution in [-0.2, 0) is 0 Å². The van der Waals surface area contributed by atoms with E-state index in [2.05, 4.69) is 15.1 Å². The lowest BCUT2D eigenvalue weighted by Gasteiger charge is -2.37. The Balaban J connectivity index is 1.40. The lowest BCUT2D eigenvalue weighted by Crippen LogP contribution is -2.51. The maximum atomic E-state index is 13.0. The van der Waals surface area contributed by atoms with Crippen molar-refractivity contribution in [3.63, 3.8) is 0 Å². The number of nitrogens with zero attached hydrogens (tertiary/aromatic N) is 4. The number of anilines is 1. The van der Waals surface area contributed by atoms with Crippen LogP contribution >= 0.6 is 11.6 Å². The minimum Gasteiger partial charge on any atom is -0.478 e. The summed E-state index contributed by atoms with van der Waals surface area (Å²) in [6.45, 7) is 3.27. The molecule has 0 N–H and O–H groups in total. The summed E-state index contributed by atoms with van der Waals surface area (Å²) in [6.07, 6.45) is 1.24. The number of carbonyl (C=O) groups is 1. The Morgan fingerprint density at radius 3 is 2.46 bits per heavy atom. The van der Waals surface area contributed by atoms with Crippen LogP contribution < -0.4 is 9.64 Å². The fourth-order valence-corrected chi connectivity index (χ4v) is 4.22. The van der Waals surface area contributed by atoms with Crippen LogP contribution in [0.3, 0.4) is 0 Å². The first-order valence-corrected chi connectivity index (χ1v) is 9.71. The van der Waals surface area contributed by atoms with E-state index in [9.17, 15) is 4.79 Å². The number of carbonyl (C=O) groups excluding carboxylic acids is 1. The Bertz CT molecular complexity index is 1050.